The van der Waals surface area contributed by atoms with E-state index in [0.717, 1.165) is 24.0 Å². The van der Waals surface area contributed by atoms with Crippen molar-refractivity contribution in [3.05, 3.63) is 34.3 Å². The molecule has 0 bridgehead atoms. The van der Waals surface area contributed by atoms with Crippen LogP contribution in [0.15, 0.2) is 18.2 Å². The van der Waals surface area contributed by atoms with E-state index in [2.05, 4.69) is 13.8 Å². The van der Waals surface area contributed by atoms with Crippen molar-refractivity contribution in [3.8, 4) is 0 Å². The molecule has 2 atom stereocenters. The first kappa shape index (κ1) is 12.5. The van der Waals surface area contributed by atoms with Crippen LogP contribution in [0.5, 0.6) is 0 Å². The van der Waals surface area contributed by atoms with Crippen molar-refractivity contribution in [3.63, 3.8) is 0 Å². The lowest BCUT2D eigenvalue weighted by Gasteiger charge is -2.19. The maximum absolute atomic E-state index is 10.1. The average molecular weight is 227 g/mol. The summed E-state index contributed by atoms with van der Waals surface area (Å²) in [4.78, 5) is 0. The molecule has 0 aliphatic carbocycles. The largest absolute Gasteiger partial charge is 0.388 e. The molecule has 0 fully saturated rings. The van der Waals surface area contributed by atoms with E-state index in [0.29, 0.717) is 5.02 Å². The highest BCUT2D eigenvalue weighted by Gasteiger charge is 2.17. The van der Waals surface area contributed by atoms with Crippen LogP contribution in [0, 0.1) is 12.8 Å². The van der Waals surface area contributed by atoms with Crippen LogP contribution in [-0.4, -0.2) is 5.11 Å². The van der Waals surface area contributed by atoms with Crippen molar-refractivity contribution in [1.29, 1.82) is 0 Å². The van der Waals surface area contributed by atoms with E-state index in [9.17, 15) is 5.11 Å². The quantitative estimate of drug-likeness (QED) is 0.819. The predicted octanol–water partition coefficient (Wildman–Crippen LogP) is 4.12. The Morgan fingerprint density at radius 2 is 2.07 bits per heavy atom. The minimum absolute atomic E-state index is 0.259. The van der Waals surface area contributed by atoms with Gasteiger partial charge in [0.1, 0.15) is 0 Å². The number of aliphatic hydroxyl groups is 1. The van der Waals surface area contributed by atoms with Gasteiger partial charge in [-0.05, 0) is 36.5 Å². The van der Waals surface area contributed by atoms with Crippen molar-refractivity contribution in [2.45, 2.75) is 39.7 Å². The summed E-state index contributed by atoms with van der Waals surface area (Å²) in [5.41, 5.74) is 1.97. The molecule has 15 heavy (non-hydrogen) atoms. The van der Waals surface area contributed by atoms with Gasteiger partial charge in [0.2, 0.25) is 0 Å². The molecule has 1 N–H and O–H groups in total. The van der Waals surface area contributed by atoms with Crippen molar-refractivity contribution in [1.82, 2.24) is 0 Å². The van der Waals surface area contributed by atoms with Crippen molar-refractivity contribution < 1.29 is 5.11 Å². The second kappa shape index (κ2) is 5.53. The summed E-state index contributed by atoms with van der Waals surface area (Å²) in [7, 11) is 0. The van der Waals surface area contributed by atoms with E-state index in [-0.39, 0.29) is 5.92 Å². The fraction of sp³-hybridized carbons (Fsp3) is 0.538. The molecule has 0 aromatic heterocycles. The number of benzene rings is 1. The smallest absolute Gasteiger partial charge is 0.0829 e. The molecular formula is C13H19ClO. The minimum Gasteiger partial charge on any atom is -0.388 e. The van der Waals surface area contributed by atoms with Gasteiger partial charge in [0.05, 0.1) is 6.10 Å². The Morgan fingerprint density at radius 1 is 1.40 bits per heavy atom. The van der Waals surface area contributed by atoms with Crippen LogP contribution >= 0.6 is 11.6 Å². The van der Waals surface area contributed by atoms with Gasteiger partial charge in [-0.1, -0.05) is 44.0 Å². The first-order valence-corrected chi connectivity index (χ1v) is 5.88. The van der Waals surface area contributed by atoms with Gasteiger partial charge in [-0.25, -0.2) is 0 Å². The molecule has 0 heterocycles. The van der Waals surface area contributed by atoms with E-state index in [1.54, 1.807) is 0 Å². The average Bonchev–Trinajstić information content (AvgIpc) is 2.17. The Morgan fingerprint density at radius 3 is 2.60 bits per heavy atom. The van der Waals surface area contributed by atoms with Crippen LogP contribution in [0.4, 0.5) is 0 Å². The second-order valence-electron chi connectivity index (χ2n) is 4.24. The van der Waals surface area contributed by atoms with Crippen LogP contribution in [0.2, 0.25) is 5.02 Å². The van der Waals surface area contributed by atoms with Gasteiger partial charge in [-0.2, -0.15) is 0 Å². The van der Waals surface area contributed by atoms with E-state index in [1.165, 1.54) is 0 Å². The molecule has 0 amide bonds. The molecule has 0 aliphatic rings. The number of hydrogen-bond donors (Lipinski definition) is 1. The summed E-state index contributed by atoms with van der Waals surface area (Å²) in [5.74, 6) is 0.259. The minimum atomic E-state index is -0.446. The van der Waals surface area contributed by atoms with Crippen molar-refractivity contribution >= 4 is 11.6 Å². The van der Waals surface area contributed by atoms with Gasteiger partial charge < -0.3 is 5.11 Å². The molecule has 1 nitrogen and oxygen atoms in total. The van der Waals surface area contributed by atoms with Crippen LogP contribution in [-0.2, 0) is 0 Å². The van der Waals surface area contributed by atoms with E-state index in [4.69, 9.17) is 11.6 Å². The fourth-order valence-electron chi connectivity index (χ4n) is 1.79. The molecule has 2 heteroatoms. The lowest BCUT2D eigenvalue weighted by molar-refractivity contribution is 0.112. The number of halogens is 1. The van der Waals surface area contributed by atoms with Gasteiger partial charge in [0.25, 0.3) is 0 Å². The third kappa shape index (κ3) is 3.22. The summed E-state index contributed by atoms with van der Waals surface area (Å²) < 4.78 is 0. The van der Waals surface area contributed by atoms with Crippen LogP contribution in [0.25, 0.3) is 0 Å². The second-order valence-corrected chi connectivity index (χ2v) is 4.64. The number of hydrogen-bond acceptors (Lipinski definition) is 1. The van der Waals surface area contributed by atoms with Crippen LogP contribution < -0.4 is 0 Å². The zero-order valence-electron chi connectivity index (χ0n) is 9.63. The zero-order chi connectivity index (χ0) is 11.4. The zero-order valence-corrected chi connectivity index (χ0v) is 10.4. The number of aliphatic hydroxyl groups excluding tert-OH is 1. The summed E-state index contributed by atoms with van der Waals surface area (Å²) in [6.07, 6.45) is 1.66. The Bertz CT molecular complexity index is 322. The summed E-state index contributed by atoms with van der Waals surface area (Å²) in [6, 6.07) is 5.82. The fourth-order valence-corrected chi connectivity index (χ4v) is 2.14. The van der Waals surface area contributed by atoms with Crippen LogP contribution in [0.3, 0.4) is 0 Å². The molecule has 0 spiro atoms. The molecule has 0 radical (unpaired) electrons. The molecule has 0 aliphatic heterocycles. The van der Waals surface area contributed by atoms with Crippen molar-refractivity contribution in [2.24, 2.45) is 5.92 Å². The normalized spacial score (nSPS) is 15.0. The molecule has 0 saturated carbocycles. The summed E-state index contributed by atoms with van der Waals surface area (Å²) >= 11 is 6.11. The third-order valence-electron chi connectivity index (χ3n) is 2.76. The molecule has 84 valence electrons. The highest BCUT2D eigenvalue weighted by Crippen LogP contribution is 2.30. The van der Waals surface area contributed by atoms with Gasteiger partial charge >= 0.3 is 0 Å². The first-order valence-electron chi connectivity index (χ1n) is 5.50. The molecule has 1 aromatic rings. The topological polar surface area (TPSA) is 20.2 Å². The SMILES string of the molecule is CCCC(C)C(O)c1ccc(C)cc1Cl. The van der Waals surface area contributed by atoms with Gasteiger partial charge in [0.15, 0.2) is 0 Å². The highest BCUT2D eigenvalue weighted by atomic mass is 35.5. The Labute approximate surface area is 97.1 Å². The maximum Gasteiger partial charge on any atom is 0.0829 e. The number of aryl methyl sites for hydroxylation is 1. The van der Waals surface area contributed by atoms with E-state index in [1.807, 2.05) is 25.1 Å². The lowest BCUT2D eigenvalue weighted by atomic mass is 9.93. The molecule has 2 unspecified atom stereocenters. The Kier molecular flexibility index (Phi) is 4.62. The standard InChI is InChI=1S/C13H19ClO/c1-4-5-10(3)13(15)11-7-6-9(2)8-12(11)14/h6-8,10,13,15H,4-5H2,1-3H3. The first-order chi connectivity index (χ1) is 7.06. The Balaban J connectivity index is 2.86. The lowest BCUT2D eigenvalue weighted by Crippen LogP contribution is -2.09. The molecular weight excluding hydrogens is 208 g/mol. The van der Waals surface area contributed by atoms with Crippen LogP contribution in [0.1, 0.15) is 43.9 Å². The van der Waals surface area contributed by atoms with Crippen molar-refractivity contribution in [2.75, 3.05) is 0 Å². The summed E-state index contributed by atoms with van der Waals surface area (Å²) in [6.45, 7) is 6.18. The third-order valence-corrected chi connectivity index (χ3v) is 3.08. The van der Waals surface area contributed by atoms with E-state index < -0.39 is 6.10 Å². The van der Waals surface area contributed by atoms with Gasteiger partial charge in [-0.15, -0.1) is 0 Å². The molecule has 0 saturated heterocycles. The molecule has 1 rings (SSSR count). The summed E-state index contributed by atoms with van der Waals surface area (Å²) in [5, 5.41) is 10.8. The highest BCUT2D eigenvalue weighted by molar-refractivity contribution is 6.31. The monoisotopic (exact) mass is 226 g/mol. The maximum atomic E-state index is 10.1. The Hall–Kier alpha value is -0.530. The predicted molar refractivity (Wildman–Crippen MR) is 65.2 cm³/mol. The van der Waals surface area contributed by atoms with Gasteiger partial charge in [-0.3, -0.25) is 0 Å². The number of rotatable bonds is 4. The van der Waals surface area contributed by atoms with E-state index >= 15 is 0 Å². The molecule has 1 aromatic carbocycles. The van der Waals surface area contributed by atoms with Gasteiger partial charge in [0, 0.05) is 5.02 Å².